The van der Waals surface area contributed by atoms with Gasteiger partial charge in [-0.25, -0.2) is 4.39 Å². The van der Waals surface area contributed by atoms with Crippen molar-refractivity contribution >= 4 is 0 Å². The highest BCUT2D eigenvalue weighted by Gasteiger charge is 2.22. The maximum absolute atomic E-state index is 13.4. The molecule has 1 N–H and O–H groups in total. The summed E-state index contributed by atoms with van der Waals surface area (Å²) in [6, 6.07) is 7.17. The average Bonchev–Trinajstić information content (AvgIpc) is 2.50. The summed E-state index contributed by atoms with van der Waals surface area (Å²) >= 11 is 0. The molecule has 1 aliphatic heterocycles. The largest absolute Gasteiger partial charge is 0.389 e. The summed E-state index contributed by atoms with van der Waals surface area (Å²) < 4.78 is 18.9. The Morgan fingerprint density at radius 1 is 1.38 bits per heavy atom. The first kappa shape index (κ1) is 16.4. The van der Waals surface area contributed by atoms with E-state index in [9.17, 15) is 9.50 Å². The fourth-order valence-corrected chi connectivity index (χ4v) is 3.01. The summed E-state index contributed by atoms with van der Waals surface area (Å²) in [5.41, 5.74) is 0.536. The lowest BCUT2D eigenvalue weighted by molar-refractivity contribution is -0.00435. The highest BCUT2D eigenvalue weighted by molar-refractivity contribution is 5.16. The highest BCUT2D eigenvalue weighted by atomic mass is 19.1. The van der Waals surface area contributed by atoms with Gasteiger partial charge < -0.3 is 9.84 Å². The fraction of sp³-hybridized carbons (Fsp3) is 0.647. The Morgan fingerprint density at radius 3 is 2.95 bits per heavy atom. The van der Waals surface area contributed by atoms with Crippen LogP contribution in [0.3, 0.4) is 0 Å². The summed E-state index contributed by atoms with van der Waals surface area (Å²) in [6.07, 6.45) is 4.33. The molecule has 1 aromatic rings. The number of hydrogen-bond donors (Lipinski definition) is 1. The van der Waals surface area contributed by atoms with Gasteiger partial charge in [-0.3, -0.25) is 4.90 Å². The number of ether oxygens (including phenoxy) is 1. The van der Waals surface area contributed by atoms with Gasteiger partial charge in [0.05, 0.1) is 19.3 Å². The molecule has 0 spiro atoms. The van der Waals surface area contributed by atoms with E-state index in [0.717, 1.165) is 13.0 Å². The second-order valence-corrected chi connectivity index (χ2v) is 5.81. The number of benzene rings is 1. The van der Waals surface area contributed by atoms with E-state index in [1.165, 1.54) is 25.3 Å². The molecule has 0 aromatic heterocycles. The smallest absolute Gasteiger partial charge is 0.128 e. The molecule has 0 bridgehead atoms. The number of rotatable bonds is 7. The predicted octanol–water partition coefficient (Wildman–Crippen LogP) is 2.97. The summed E-state index contributed by atoms with van der Waals surface area (Å²) in [4.78, 5) is 2.36. The monoisotopic (exact) mass is 295 g/mol. The van der Waals surface area contributed by atoms with Gasteiger partial charge in [0, 0.05) is 18.2 Å². The number of halogens is 1. The van der Waals surface area contributed by atoms with E-state index >= 15 is 0 Å². The van der Waals surface area contributed by atoms with E-state index in [2.05, 4.69) is 11.8 Å². The molecule has 1 aliphatic rings. The van der Waals surface area contributed by atoms with Crippen molar-refractivity contribution in [2.75, 3.05) is 19.7 Å². The van der Waals surface area contributed by atoms with Crippen LogP contribution < -0.4 is 0 Å². The second-order valence-electron chi connectivity index (χ2n) is 5.81. The molecule has 1 saturated heterocycles. The normalized spacial score (nSPS) is 21.4. The number of hydrogen-bond acceptors (Lipinski definition) is 3. The number of nitrogens with zero attached hydrogens (tertiary/aromatic N) is 1. The quantitative estimate of drug-likeness (QED) is 0.839. The molecular formula is C17H26FNO2. The molecule has 2 atom stereocenters. The number of β-amino-alcohol motifs (C(OH)–C–C–N with tert-alkyl or cyclic N) is 1. The van der Waals surface area contributed by atoms with E-state index in [4.69, 9.17) is 4.74 Å². The molecular weight excluding hydrogens is 269 g/mol. The minimum absolute atomic E-state index is 0.209. The lowest BCUT2D eigenvalue weighted by Gasteiger charge is -2.36. The van der Waals surface area contributed by atoms with Crippen molar-refractivity contribution < 1.29 is 14.2 Å². The van der Waals surface area contributed by atoms with Gasteiger partial charge in [-0.2, -0.15) is 0 Å². The minimum atomic E-state index is -0.510. The van der Waals surface area contributed by atoms with Crippen molar-refractivity contribution in [2.24, 2.45) is 0 Å². The van der Waals surface area contributed by atoms with Crippen LogP contribution in [-0.2, 0) is 11.3 Å². The SMILES string of the molecule is CC[C@@H]1CCCCN1C[C@@H](O)COCc1ccccc1F. The number of piperidine rings is 1. The van der Waals surface area contributed by atoms with Crippen molar-refractivity contribution in [1.29, 1.82) is 0 Å². The lowest BCUT2D eigenvalue weighted by atomic mass is 10.00. The van der Waals surface area contributed by atoms with Crippen molar-refractivity contribution in [3.05, 3.63) is 35.6 Å². The highest BCUT2D eigenvalue weighted by Crippen LogP contribution is 2.19. The molecule has 118 valence electrons. The van der Waals surface area contributed by atoms with Crippen LogP contribution >= 0.6 is 0 Å². The number of likely N-dealkylation sites (tertiary alicyclic amines) is 1. The van der Waals surface area contributed by atoms with Gasteiger partial charge in [0.15, 0.2) is 0 Å². The maximum atomic E-state index is 13.4. The van der Waals surface area contributed by atoms with Gasteiger partial charge in [0.2, 0.25) is 0 Å². The zero-order valence-electron chi connectivity index (χ0n) is 12.8. The number of aliphatic hydroxyl groups excluding tert-OH is 1. The third kappa shape index (κ3) is 5.06. The third-order valence-electron chi connectivity index (χ3n) is 4.19. The zero-order valence-corrected chi connectivity index (χ0v) is 12.8. The summed E-state index contributed by atoms with van der Waals surface area (Å²) in [6.45, 7) is 4.37. The summed E-state index contributed by atoms with van der Waals surface area (Å²) in [5.74, 6) is -0.255. The predicted molar refractivity (Wildman–Crippen MR) is 81.6 cm³/mol. The first-order chi connectivity index (χ1) is 10.2. The van der Waals surface area contributed by atoms with Crippen molar-refractivity contribution in [3.8, 4) is 0 Å². The first-order valence-corrected chi connectivity index (χ1v) is 7.94. The van der Waals surface area contributed by atoms with Gasteiger partial charge in [-0.15, -0.1) is 0 Å². The van der Waals surface area contributed by atoms with Gasteiger partial charge in [-0.1, -0.05) is 31.5 Å². The molecule has 0 amide bonds. The van der Waals surface area contributed by atoms with Gasteiger partial charge in [0.25, 0.3) is 0 Å². The van der Waals surface area contributed by atoms with Crippen molar-refractivity contribution in [3.63, 3.8) is 0 Å². The Balaban J connectivity index is 1.72. The van der Waals surface area contributed by atoms with E-state index in [0.29, 0.717) is 18.2 Å². The fourth-order valence-electron chi connectivity index (χ4n) is 3.01. The molecule has 0 saturated carbocycles. The van der Waals surface area contributed by atoms with Crippen LogP contribution in [0.5, 0.6) is 0 Å². The van der Waals surface area contributed by atoms with Crippen molar-refractivity contribution in [2.45, 2.75) is 51.4 Å². The molecule has 0 radical (unpaired) electrons. The average molecular weight is 295 g/mol. The van der Waals surface area contributed by atoms with Crippen molar-refractivity contribution in [1.82, 2.24) is 4.90 Å². The van der Waals surface area contributed by atoms with Crippen LogP contribution in [0.1, 0.15) is 38.2 Å². The molecule has 0 aliphatic carbocycles. The molecule has 4 heteroatoms. The Hall–Kier alpha value is -0.970. The van der Waals surface area contributed by atoms with Crippen LogP contribution in [-0.4, -0.2) is 41.8 Å². The topological polar surface area (TPSA) is 32.7 Å². The Kier molecular flexibility index (Phi) is 6.61. The van der Waals surface area contributed by atoms with Gasteiger partial charge in [0.1, 0.15) is 5.82 Å². The molecule has 3 nitrogen and oxygen atoms in total. The van der Waals surface area contributed by atoms with E-state index < -0.39 is 6.10 Å². The molecule has 0 unspecified atom stereocenters. The summed E-state index contributed by atoms with van der Waals surface area (Å²) in [5, 5.41) is 10.1. The van der Waals surface area contributed by atoms with E-state index in [1.54, 1.807) is 18.2 Å². The maximum Gasteiger partial charge on any atom is 0.128 e. The number of aliphatic hydroxyl groups is 1. The Morgan fingerprint density at radius 2 is 2.19 bits per heavy atom. The first-order valence-electron chi connectivity index (χ1n) is 7.94. The van der Waals surface area contributed by atoms with Crippen LogP contribution in [0.15, 0.2) is 24.3 Å². The molecule has 21 heavy (non-hydrogen) atoms. The molecule has 2 rings (SSSR count). The standard InChI is InChI=1S/C17H26FNO2/c1-2-15-8-5-6-10-19(15)11-16(20)13-21-12-14-7-3-4-9-17(14)18/h3-4,7,9,15-16,20H,2,5-6,8,10-13H2,1H3/t15-,16-/m1/s1. The van der Waals surface area contributed by atoms with Crippen LogP contribution in [0.4, 0.5) is 4.39 Å². The molecule has 1 heterocycles. The van der Waals surface area contributed by atoms with E-state index in [1.807, 2.05) is 0 Å². The van der Waals surface area contributed by atoms with Crippen LogP contribution in [0.2, 0.25) is 0 Å². The van der Waals surface area contributed by atoms with Gasteiger partial charge in [-0.05, 0) is 31.9 Å². The minimum Gasteiger partial charge on any atom is -0.389 e. The van der Waals surface area contributed by atoms with Crippen LogP contribution in [0, 0.1) is 5.82 Å². The molecule has 1 fully saturated rings. The van der Waals surface area contributed by atoms with Gasteiger partial charge >= 0.3 is 0 Å². The Bertz CT molecular complexity index is 427. The van der Waals surface area contributed by atoms with Crippen LogP contribution in [0.25, 0.3) is 0 Å². The third-order valence-corrected chi connectivity index (χ3v) is 4.19. The van der Waals surface area contributed by atoms with E-state index in [-0.39, 0.29) is 19.0 Å². The Labute approximate surface area is 126 Å². The lowest BCUT2D eigenvalue weighted by Crippen LogP contribution is -2.44. The molecule has 1 aromatic carbocycles. The second kappa shape index (κ2) is 8.47. The summed E-state index contributed by atoms with van der Waals surface area (Å²) in [7, 11) is 0. The zero-order chi connectivity index (χ0) is 15.1.